The average molecular weight is 341 g/mol. The average Bonchev–Trinajstić information content (AvgIpc) is 3.08. The van der Waals surface area contributed by atoms with Crippen molar-refractivity contribution in [3.05, 3.63) is 48.0 Å². The fourth-order valence-corrected chi connectivity index (χ4v) is 2.89. The molecular formula is C18H16FN3O3. The molecule has 0 atom stereocenters. The first kappa shape index (κ1) is 15.4. The molecule has 0 amide bonds. The Morgan fingerprint density at radius 2 is 2.00 bits per heavy atom. The first-order valence-electron chi connectivity index (χ1n) is 7.73. The van der Waals surface area contributed by atoms with Crippen LogP contribution in [0.3, 0.4) is 0 Å². The number of halogens is 1. The van der Waals surface area contributed by atoms with E-state index in [1.54, 1.807) is 6.07 Å². The summed E-state index contributed by atoms with van der Waals surface area (Å²) in [5.74, 6) is 1.90. The number of rotatable bonds is 4. The van der Waals surface area contributed by atoms with Crippen LogP contribution in [-0.4, -0.2) is 30.9 Å². The Morgan fingerprint density at radius 1 is 1.16 bits per heavy atom. The predicted molar refractivity (Wildman–Crippen MR) is 90.7 cm³/mol. The van der Waals surface area contributed by atoms with Crippen LogP contribution in [0.1, 0.15) is 5.56 Å². The van der Waals surface area contributed by atoms with E-state index in [2.05, 4.69) is 9.97 Å². The van der Waals surface area contributed by atoms with E-state index in [1.807, 2.05) is 30.1 Å². The second kappa shape index (κ2) is 6.08. The molecule has 0 spiro atoms. The molecule has 0 saturated carbocycles. The lowest BCUT2D eigenvalue weighted by atomic mass is 10.1. The SMILES string of the molecule is COc1cc2c(N(C)Cc3ccc4c(c3)OCO4)ncnc2cc1F. The summed E-state index contributed by atoms with van der Waals surface area (Å²) in [5.41, 5.74) is 1.58. The molecule has 3 aromatic rings. The fraction of sp³-hybridized carbons (Fsp3) is 0.222. The molecule has 7 heteroatoms. The molecule has 25 heavy (non-hydrogen) atoms. The van der Waals surface area contributed by atoms with Crippen LogP contribution >= 0.6 is 0 Å². The Bertz CT molecular complexity index is 948. The van der Waals surface area contributed by atoms with Crippen LogP contribution in [0, 0.1) is 5.82 Å². The van der Waals surface area contributed by atoms with Gasteiger partial charge in [-0.3, -0.25) is 0 Å². The van der Waals surface area contributed by atoms with Crippen molar-refractivity contribution in [2.45, 2.75) is 6.54 Å². The van der Waals surface area contributed by atoms with Crippen LogP contribution in [-0.2, 0) is 6.54 Å². The van der Waals surface area contributed by atoms with Gasteiger partial charge in [0.2, 0.25) is 6.79 Å². The Morgan fingerprint density at radius 3 is 2.84 bits per heavy atom. The summed E-state index contributed by atoms with van der Waals surface area (Å²) in [6, 6.07) is 8.79. The maximum absolute atomic E-state index is 13.9. The zero-order chi connectivity index (χ0) is 17.4. The monoisotopic (exact) mass is 341 g/mol. The maximum Gasteiger partial charge on any atom is 0.231 e. The van der Waals surface area contributed by atoms with Gasteiger partial charge in [-0.15, -0.1) is 0 Å². The molecule has 1 aliphatic rings. The fourth-order valence-electron chi connectivity index (χ4n) is 2.89. The smallest absolute Gasteiger partial charge is 0.231 e. The second-order valence-corrected chi connectivity index (χ2v) is 5.74. The van der Waals surface area contributed by atoms with Gasteiger partial charge < -0.3 is 19.1 Å². The number of fused-ring (bicyclic) bond motifs is 2. The summed E-state index contributed by atoms with van der Waals surface area (Å²) < 4.78 is 29.7. The molecule has 1 aliphatic heterocycles. The first-order chi connectivity index (χ1) is 12.2. The van der Waals surface area contributed by atoms with Gasteiger partial charge in [-0.1, -0.05) is 6.07 Å². The van der Waals surface area contributed by atoms with Crippen molar-refractivity contribution in [2.75, 3.05) is 25.9 Å². The van der Waals surface area contributed by atoms with Gasteiger partial charge in [0, 0.05) is 25.0 Å². The number of hydrogen-bond donors (Lipinski definition) is 0. The van der Waals surface area contributed by atoms with E-state index >= 15 is 0 Å². The van der Waals surface area contributed by atoms with Crippen LogP contribution in [0.4, 0.5) is 10.2 Å². The molecular weight excluding hydrogens is 325 g/mol. The molecule has 2 aromatic carbocycles. The van der Waals surface area contributed by atoms with Gasteiger partial charge in [0.15, 0.2) is 23.1 Å². The zero-order valence-corrected chi connectivity index (χ0v) is 13.8. The van der Waals surface area contributed by atoms with E-state index in [-0.39, 0.29) is 12.5 Å². The van der Waals surface area contributed by atoms with Gasteiger partial charge in [-0.2, -0.15) is 0 Å². The van der Waals surface area contributed by atoms with E-state index in [9.17, 15) is 4.39 Å². The molecule has 0 unspecified atom stereocenters. The highest BCUT2D eigenvalue weighted by atomic mass is 19.1. The van der Waals surface area contributed by atoms with Gasteiger partial charge in [0.05, 0.1) is 12.6 Å². The van der Waals surface area contributed by atoms with Crippen LogP contribution in [0.2, 0.25) is 0 Å². The van der Waals surface area contributed by atoms with Gasteiger partial charge in [0.1, 0.15) is 12.1 Å². The van der Waals surface area contributed by atoms with Crippen molar-refractivity contribution >= 4 is 16.7 Å². The molecule has 6 nitrogen and oxygen atoms in total. The molecule has 0 bridgehead atoms. The number of anilines is 1. The molecule has 0 saturated heterocycles. The third-order valence-corrected chi connectivity index (χ3v) is 4.11. The summed E-state index contributed by atoms with van der Waals surface area (Å²) in [6.45, 7) is 0.846. The lowest BCUT2D eigenvalue weighted by Gasteiger charge is -2.20. The molecule has 0 aliphatic carbocycles. The largest absolute Gasteiger partial charge is 0.494 e. The van der Waals surface area contributed by atoms with Crippen molar-refractivity contribution in [3.8, 4) is 17.2 Å². The highest BCUT2D eigenvalue weighted by Crippen LogP contribution is 2.34. The summed E-state index contributed by atoms with van der Waals surface area (Å²) in [7, 11) is 3.35. The van der Waals surface area contributed by atoms with E-state index in [0.29, 0.717) is 17.9 Å². The second-order valence-electron chi connectivity index (χ2n) is 5.74. The molecule has 0 N–H and O–H groups in total. The van der Waals surface area contributed by atoms with E-state index in [0.717, 1.165) is 22.4 Å². The molecule has 128 valence electrons. The van der Waals surface area contributed by atoms with E-state index in [4.69, 9.17) is 14.2 Å². The Kier molecular flexibility index (Phi) is 3.76. The topological polar surface area (TPSA) is 56.7 Å². The predicted octanol–water partition coefficient (Wildman–Crippen LogP) is 3.14. The van der Waals surface area contributed by atoms with Crippen LogP contribution in [0.15, 0.2) is 36.7 Å². The third-order valence-electron chi connectivity index (χ3n) is 4.11. The molecule has 2 heterocycles. The van der Waals surface area contributed by atoms with E-state index in [1.165, 1.54) is 19.5 Å². The van der Waals surface area contributed by atoms with Crippen LogP contribution in [0.5, 0.6) is 17.2 Å². The minimum atomic E-state index is -0.446. The zero-order valence-electron chi connectivity index (χ0n) is 13.8. The number of hydrogen-bond acceptors (Lipinski definition) is 6. The lowest BCUT2D eigenvalue weighted by molar-refractivity contribution is 0.174. The normalized spacial score (nSPS) is 12.4. The van der Waals surface area contributed by atoms with Crippen molar-refractivity contribution in [1.82, 2.24) is 9.97 Å². The quantitative estimate of drug-likeness (QED) is 0.727. The Hall–Kier alpha value is -3.09. The molecule has 4 rings (SSSR count). The van der Waals surface area contributed by atoms with Gasteiger partial charge >= 0.3 is 0 Å². The highest BCUT2D eigenvalue weighted by molar-refractivity contribution is 5.90. The molecule has 1 aromatic heterocycles. The van der Waals surface area contributed by atoms with Crippen molar-refractivity contribution < 1.29 is 18.6 Å². The Balaban J connectivity index is 1.68. The number of nitrogens with zero attached hydrogens (tertiary/aromatic N) is 3. The van der Waals surface area contributed by atoms with Crippen molar-refractivity contribution in [2.24, 2.45) is 0 Å². The van der Waals surface area contributed by atoms with Crippen LogP contribution < -0.4 is 19.1 Å². The maximum atomic E-state index is 13.9. The van der Waals surface area contributed by atoms with Crippen molar-refractivity contribution in [1.29, 1.82) is 0 Å². The number of benzene rings is 2. The molecule has 0 fully saturated rings. The summed E-state index contributed by atoms with van der Waals surface area (Å²) in [6.07, 6.45) is 1.43. The van der Waals surface area contributed by atoms with Gasteiger partial charge in [-0.05, 0) is 23.8 Å². The standard InChI is InChI=1S/C18H16FN3O3/c1-22(8-11-3-4-15-17(5-11)25-10-24-15)18-12-6-16(23-2)13(19)7-14(12)20-9-21-18/h3-7,9H,8,10H2,1-2H3. The summed E-state index contributed by atoms with van der Waals surface area (Å²) in [4.78, 5) is 10.5. The summed E-state index contributed by atoms with van der Waals surface area (Å²) >= 11 is 0. The first-order valence-corrected chi connectivity index (χ1v) is 7.73. The Labute approximate surface area is 143 Å². The highest BCUT2D eigenvalue weighted by Gasteiger charge is 2.16. The van der Waals surface area contributed by atoms with Gasteiger partial charge in [-0.25, -0.2) is 14.4 Å². The number of methoxy groups -OCH3 is 1. The lowest BCUT2D eigenvalue weighted by Crippen LogP contribution is -2.18. The third kappa shape index (κ3) is 2.77. The van der Waals surface area contributed by atoms with Crippen LogP contribution in [0.25, 0.3) is 10.9 Å². The number of aromatic nitrogens is 2. The minimum Gasteiger partial charge on any atom is -0.494 e. The number of ether oxygens (including phenoxy) is 3. The van der Waals surface area contributed by atoms with Gasteiger partial charge in [0.25, 0.3) is 0 Å². The molecule has 0 radical (unpaired) electrons. The van der Waals surface area contributed by atoms with Crippen molar-refractivity contribution in [3.63, 3.8) is 0 Å². The minimum absolute atomic E-state index is 0.167. The van der Waals surface area contributed by atoms with E-state index < -0.39 is 5.82 Å². The summed E-state index contributed by atoms with van der Waals surface area (Å²) in [5, 5.41) is 0.726.